The first-order chi connectivity index (χ1) is 10.4. The molecule has 0 aromatic heterocycles. The van der Waals surface area contributed by atoms with Crippen molar-refractivity contribution in [3.63, 3.8) is 0 Å². The zero-order valence-corrected chi connectivity index (χ0v) is 15.2. The number of nitrogens with one attached hydrogen (secondary N) is 2. The molecule has 0 fully saturated rings. The van der Waals surface area contributed by atoms with Gasteiger partial charge < -0.3 is 10.4 Å². The topological polar surface area (TPSA) is 61.4 Å². The molecule has 2 aromatic carbocycles. The van der Waals surface area contributed by atoms with Crippen molar-refractivity contribution in [3.8, 4) is 5.75 Å². The minimum absolute atomic E-state index is 0.0592. The van der Waals surface area contributed by atoms with Crippen molar-refractivity contribution in [1.82, 2.24) is 5.32 Å². The number of phenols is 1. The summed E-state index contributed by atoms with van der Waals surface area (Å²) in [6.45, 7) is 1.86. The number of anilines is 1. The van der Waals surface area contributed by atoms with Crippen LogP contribution in [0.3, 0.4) is 0 Å². The summed E-state index contributed by atoms with van der Waals surface area (Å²) in [5, 5.41) is 15.6. The molecule has 4 nitrogen and oxygen atoms in total. The van der Waals surface area contributed by atoms with E-state index in [0.29, 0.717) is 16.3 Å². The van der Waals surface area contributed by atoms with Crippen LogP contribution in [0, 0.1) is 10.5 Å². The molecule has 0 atom stereocenters. The van der Waals surface area contributed by atoms with Gasteiger partial charge in [-0.25, -0.2) is 0 Å². The monoisotopic (exact) mass is 446 g/mol. The van der Waals surface area contributed by atoms with Crippen molar-refractivity contribution < 1.29 is 9.90 Å². The van der Waals surface area contributed by atoms with Gasteiger partial charge in [-0.2, -0.15) is 0 Å². The van der Waals surface area contributed by atoms with Gasteiger partial charge in [0, 0.05) is 3.57 Å². The van der Waals surface area contributed by atoms with Crippen molar-refractivity contribution in [2.45, 2.75) is 6.92 Å². The molecule has 0 aliphatic rings. The van der Waals surface area contributed by atoms with Crippen LogP contribution in [0.5, 0.6) is 5.75 Å². The van der Waals surface area contributed by atoms with Crippen molar-refractivity contribution >= 4 is 63.1 Å². The summed E-state index contributed by atoms with van der Waals surface area (Å²) < 4.78 is 0.891. The Labute approximate surface area is 152 Å². The average molecular weight is 447 g/mol. The maximum Gasteiger partial charge on any atom is 0.258 e. The lowest BCUT2D eigenvalue weighted by Crippen LogP contribution is -2.34. The summed E-state index contributed by atoms with van der Waals surface area (Å²) in [6, 6.07) is 10.2. The summed E-state index contributed by atoms with van der Waals surface area (Å²) in [7, 11) is 0. The Morgan fingerprint density at radius 2 is 2.00 bits per heavy atom. The van der Waals surface area contributed by atoms with E-state index in [2.05, 4.69) is 33.2 Å². The highest BCUT2D eigenvalue weighted by atomic mass is 127. The molecular weight excluding hydrogens is 435 g/mol. The fraction of sp³-hybridized carbons (Fsp3) is 0.0667. The first kappa shape index (κ1) is 17.0. The second-order valence-corrected chi connectivity index (χ2v) is 6.61. The van der Waals surface area contributed by atoms with E-state index in [0.717, 1.165) is 9.13 Å². The van der Waals surface area contributed by atoms with Gasteiger partial charge in [-0.1, -0.05) is 17.7 Å². The number of amides is 1. The van der Waals surface area contributed by atoms with Crippen LogP contribution in [0.1, 0.15) is 15.9 Å². The molecule has 0 saturated heterocycles. The molecule has 22 heavy (non-hydrogen) atoms. The van der Waals surface area contributed by atoms with E-state index in [1.807, 2.05) is 13.0 Å². The van der Waals surface area contributed by atoms with E-state index >= 15 is 0 Å². The third-order valence-corrected chi connectivity index (χ3v) is 4.01. The molecule has 7 heteroatoms. The van der Waals surface area contributed by atoms with Crippen LogP contribution >= 0.6 is 46.4 Å². The van der Waals surface area contributed by atoms with Gasteiger partial charge in [0.15, 0.2) is 5.11 Å². The van der Waals surface area contributed by atoms with Crippen molar-refractivity contribution in [1.29, 1.82) is 0 Å². The van der Waals surface area contributed by atoms with Gasteiger partial charge in [-0.05, 0) is 77.6 Å². The fourth-order valence-electron chi connectivity index (χ4n) is 1.74. The number of hydrogen-bond acceptors (Lipinski definition) is 3. The van der Waals surface area contributed by atoms with Crippen molar-refractivity contribution in [3.05, 3.63) is 56.1 Å². The van der Waals surface area contributed by atoms with Gasteiger partial charge in [0.05, 0.1) is 16.3 Å². The normalized spacial score (nSPS) is 10.1. The molecule has 0 heterocycles. The molecule has 0 spiro atoms. The Hall–Kier alpha value is -1.38. The fourth-order valence-corrected chi connectivity index (χ4v) is 2.64. The lowest BCUT2D eigenvalue weighted by molar-refractivity contribution is 0.0978. The van der Waals surface area contributed by atoms with Crippen LogP contribution in [0.25, 0.3) is 0 Å². The molecule has 0 aliphatic carbocycles. The van der Waals surface area contributed by atoms with Gasteiger partial charge in [0.2, 0.25) is 0 Å². The van der Waals surface area contributed by atoms with E-state index < -0.39 is 5.91 Å². The summed E-state index contributed by atoms with van der Waals surface area (Å²) >= 11 is 13.2. The zero-order valence-electron chi connectivity index (χ0n) is 11.5. The van der Waals surface area contributed by atoms with Gasteiger partial charge in [-0.3, -0.25) is 10.1 Å². The molecule has 114 valence electrons. The number of aromatic hydroxyl groups is 1. The van der Waals surface area contributed by atoms with Crippen LogP contribution in [0.15, 0.2) is 36.4 Å². The third-order valence-electron chi connectivity index (χ3n) is 2.80. The highest BCUT2D eigenvalue weighted by molar-refractivity contribution is 14.1. The van der Waals surface area contributed by atoms with Crippen molar-refractivity contribution in [2.75, 3.05) is 5.32 Å². The largest absolute Gasteiger partial charge is 0.506 e. The smallest absolute Gasteiger partial charge is 0.258 e. The number of rotatable bonds is 2. The minimum Gasteiger partial charge on any atom is -0.506 e. The number of phenolic OH excluding ortho intramolecular Hbond substituents is 1. The molecule has 0 bridgehead atoms. The lowest BCUT2D eigenvalue weighted by atomic mass is 10.2. The Morgan fingerprint density at radius 1 is 1.27 bits per heavy atom. The summed E-state index contributed by atoms with van der Waals surface area (Å²) in [5.74, 6) is -0.350. The van der Waals surface area contributed by atoms with Gasteiger partial charge in [0.25, 0.3) is 5.91 Å². The number of hydrogen-bond donors (Lipinski definition) is 3. The highest BCUT2D eigenvalue weighted by Crippen LogP contribution is 2.24. The Morgan fingerprint density at radius 3 is 2.68 bits per heavy atom. The average Bonchev–Trinajstić information content (AvgIpc) is 2.44. The first-order valence-electron chi connectivity index (χ1n) is 6.24. The summed E-state index contributed by atoms with van der Waals surface area (Å²) in [6.07, 6.45) is 0. The number of thiocarbonyl (C=S) groups is 1. The van der Waals surface area contributed by atoms with Crippen LogP contribution < -0.4 is 10.6 Å². The van der Waals surface area contributed by atoms with Gasteiger partial charge in [-0.15, -0.1) is 0 Å². The van der Waals surface area contributed by atoms with E-state index in [1.54, 1.807) is 30.3 Å². The van der Waals surface area contributed by atoms with Gasteiger partial charge in [0.1, 0.15) is 5.75 Å². The SMILES string of the molecule is Cc1ccc(NC(=S)NC(=O)c2cc(I)ccc2Cl)c(O)c1. The maximum absolute atomic E-state index is 12.2. The number of halogens is 2. The number of benzene rings is 2. The summed E-state index contributed by atoms with van der Waals surface area (Å²) in [5.41, 5.74) is 1.68. The Kier molecular flexibility index (Phi) is 5.60. The summed E-state index contributed by atoms with van der Waals surface area (Å²) in [4.78, 5) is 12.2. The second kappa shape index (κ2) is 7.26. The second-order valence-electron chi connectivity index (χ2n) is 4.55. The molecule has 2 rings (SSSR count). The minimum atomic E-state index is -0.410. The van der Waals surface area contributed by atoms with Crippen LogP contribution in [0.4, 0.5) is 5.69 Å². The molecule has 2 aromatic rings. The Balaban J connectivity index is 2.08. The zero-order chi connectivity index (χ0) is 16.3. The quantitative estimate of drug-likeness (QED) is 0.369. The molecule has 0 unspecified atom stereocenters. The molecular formula is C15H12ClIN2O2S. The predicted octanol–water partition coefficient (Wildman–Crippen LogP) is 4.09. The molecule has 0 saturated carbocycles. The predicted molar refractivity (Wildman–Crippen MR) is 101 cm³/mol. The van der Waals surface area contributed by atoms with Crippen LogP contribution in [0.2, 0.25) is 5.02 Å². The standard InChI is InChI=1S/C15H12ClIN2O2S/c1-8-2-5-12(13(20)6-8)18-15(22)19-14(21)10-7-9(17)3-4-11(10)16/h2-7,20H,1H3,(H2,18,19,21,22). The van der Waals surface area contributed by atoms with E-state index in [4.69, 9.17) is 23.8 Å². The first-order valence-corrected chi connectivity index (χ1v) is 8.10. The van der Waals surface area contributed by atoms with Crippen LogP contribution in [-0.2, 0) is 0 Å². The molecule has 0 aliphatic heterocycles. The third kappa shape index (κ3) is 4.31. The van der Waals surface area contributed by atoms with E-state index in [1.165, 1.54) is 0 Å². The lowest BCUT2D eigenvalue weighted by Gasteiger charge is -2.12. The van der Waals surface area contributed by atoms with Crippen molar-refractivity contribution in [2.24, 2.45) is 0 Å². The van der Waals surface area contributed by atoms with E-state index in [9.17, 15) is 9.90 Å². The molecule has 1 amide bonds. The molecule has 3 N–H and O–H groups in total. The highest BCUT2D eigenvalue weighted by Gasteiger charge is 2.13. The van der Waals surface area contributed by atoms with Crippen LogP contribution in [-0.4, -0.2) is 16.1 Å². The molecule has 0 radical (unpaired) electrons. The number of aryl methyl sites for hydroxylation is 1. The van der Waals surface area contributed by atoms with E-state index in [-0.39, 0.29) is 10.9 Å². The Bertz CT molecular complexity index is 752. The maximum atomic E-state index is 12.2. The number of carbonyl (C=O) groups excluding carboxylic acids is 1. The number of carbonyl (C=O) groups is 1. The van der Waals surface area contributed by atoms with Gasteiger partial charge >= 0.3 is 0 Å².